The van der Waals surface area contributed by atoms with Gasteiger partial charge in [-0.1, -0.05) is 43.2 Å². The SMILES string of the molecule is CNC(=O)c1c(NC(=O)c2ccc(S(=O)(=O)N3CCCCCC3)cc2)sc2c1CCN(Cc1ccccc1)C2. The molecule has 0 saturated carbocycles. The van der Waals surface area contributed by atoms with Crippen LogP contribution in [0.1, 0.15) is 62.4 Å². The second kappa shape index (κ2) is 12.0. The Morgan fingerprint density at radius 3 is 2.26 bits per heavy atom. The molecule has 2 aromatic carbocycles. The smallest absolute Gasteiger partial charge is 0.256 e. The molecule has 0 spiro atoms. The van der Waals surface area contributed by atoms with Gasteiger partial charge in [0.2, 0.25) is 10.0 Å². The first kappa shape index (κ1) is 27.5. The molecule has 5 rings (SSSR count). The third-order valence-corrected chi connectivity index (χ3v) is 10.4. The zero-order valence-corrected chi connectivity index (χ0v) is 23.7. The molecule has 8 nitrogen and oxygen atoms in total. The van der Waals surface area contributed by atoms with E-state index < -0.39 is 10.0 Å². The van der Waals surface area contributed by atoms with Crippen LogP contribution in [0.15, 0.2) is 59.5 Å². The molecule has 1 saturated heterocycles. The van der Waals surface area contributed by atoms with Gasteiger partial charge in [-0.25, -0.2) is 8.42 Å². The molecule has 2 N–H and O–H groups in total. The van der Waals surface area contributed by atoms with E-state index in [9.17, 15) is 18.0 Å². The van der Waals surface area contributed by atoms with Crippen LogP contribution >= 0.6 is 11.3 Å². The number of carbonyl (C=O) groups is 2. The molecule has 0 unspecified atom stereocenters. The van der Waals surface area contributed by atoms with Crippen molar-refractivity contribution in [3.63, 3.8) is 0 Å². The number of sulfonamides is 1. The van der Waals surface area contributed by atoms with Crippen molar-refractivity contribution < 1.29 is 18.0 Å². The molecule has 10 heteroatoms. The lowest BCUT2D eigenvalue weighted by molar-refractivity contribution is 0.0962. The summed E-state index contributed by atoms with van der Waals surface area (Å²) in [4.78, 5) is 29.7. The third-order valence-electron chi connectivity index (χ3n) is 7.39. The number of hydrogen-bond acceptors (Lipinski definition) is 6. The topological polar surface area (TPSA) is 98.8 Å². The predicted molar refractivity (Wildman–Crippen MR) is 154 cm³/mol. The highest BCUT2D eigenvalue weighted by Gasteiger charge is 2.29. The first-order chi connectivity index (χ1) is 18.9. The average Bonchev–Trinajstić information content (AvgIpc) is 3.10. The van der Waals surface area contributed by atoms with Gasteiger partial charge in [-0.05, 0) is 54.7 Å². The van der Waals surface area contributed by atoms with Crippen molar-refractivity contribution in [2.45, 2.75) is 50.1 Å². The Morgan fingerprint density at radius 2 is 1.59 bits per heavy atom. The zero-order valence-electron chi connectivity index (χ0n) is 22.1. The van der Waals surface area contributed by atoms with E-state index in [1.54, 1.807) is 11.4 Å². The molecule has 0 radical (unpaired) electrons. The fourth-order valence-electron chi connectivity index (χ4n) is 5.27. The predicted octanol–water partition coefficient (Wildman–Crippen LogP) is 4.48. The Labute approximate surface area is 234 Å². The summed E-state index contributed by atoms with van der Waals surface area (Å²) in [5, 5.41) is 6.17. The molecule has 3 aromatic rings. The first-order valence-electron chi connectivity index (χ1n) is 13.4. The van der Waals surface area contributed by atoms with Gasteiger partial charge >= 0.3 is 0 Å². The number of anilines is 1. The maximum atomic E-state index is 13.2. The summed E-state index contributed by atoms with van der Waals surface area (Å²) in [5.74, 6) is -0.600. The number of thiophene rings is 1. The highest BCUT2D eigenvalue weighted by Crippen LogP contribution is 2.38. The Morgan fingerprint density at radius 1 is 0.897 bits per heavy atom. The lowest BCUT2D eigenvalue weighted by Crippen LogP contribution is -2.32. The molecule has 3 heterocycles. The van der Waals surface area contributed by atoms with Crippen LogP contribution in [0.2, 0.25) is 0 Å². The summed E-state index contributed by atoms with van der Waals surface area (Å²) < 4.78 is 27.7. The number of fused-ring (bicyclic) bond motifs is 1. The minimum Gasteiger partial charge on any atom is -0.355 e. The molecule has 1 fully saturated rings. The van der Waals surface area contributed by atoms with Gasteiger partial charge in [0, 0.05) is 50.2 Å². The minimum atomic E-state index is -3.59. The number of hydrogen-bond donors (Lipinski definition) is 2. The van der Waals surface area contributed by atoms with Gasteiger partial charge in [-0.2, -0.15) is 4.31 Å². The minimum absolute atomic E-state index is 0.192. The van der Waals surface area contributed by atoms with Gasteiger partial charge in [0.05, 0.1) is 10.5 Å². The molecule has 206 valence electrons. The van der Waals surface area contributed by atoms with Crippen molar-refractivity contribution in [2.24, 2.45) is 0 Å². The third kappa shape index (κ3) is 6.09. The number of nitrogens with zero attached hydrogens (tertiary/aromatic N) is 2. The molecule has 0 atom stereocenters. The number of carbonyl (C=O) groups excluding carboxylic acids is 2. The van der Waals surface area contributed by atoms with Crippen LogP contribution in [0.3, 0.4) is 0 Å². The van der Waals surface area contributed by atoms with E-state index in [1.165, 1.54) is 41.2 Å². The van der Waals surface area contributed by atoms with Crippen molar-refractivity contribution in [1.29, 1.82) is 0 Å². The van der Waals surface area contributed by atoms with Crippen LogP contribution < -0.4 is 10.6 Å². The quantitative estimate of drug-likeness (QED) is 0.439. The highest BCUT2D eigenvalue weighted by molar-refractivity contribution is 7.89. The van der Waals surface area contributed by atoms with Crippen molar-refractivity contribution >= 4 is 38.2 Å². The van der Waals surface area contributed by atoms with Gasteiger partial charge < -0.3 is 10.6 Å². The molecule has 0 aliphatic carbocycles. The number of benzene rings is 2. The van der Waals surface area contributed by atoms with E-state index in [2.05, 4.69) is 27.7 Å². The van der Waals surface area contributed by atoms with Gasteiger partial charge in [-0.15, -0.1) is 11.3 Å². The van der Waals surface area contributed by atoms with Gasteiger partial charge in [-0.3, -0.25) is 14.5 Å². The lowest BCUT2D eigenvalue weighted by Gasteiger charge is -2.27. The number of nitrogens with one attached hydrogen (secondary N) is 2. The van der Waals surface area contributed by atoms with E-state index in [0.717, 1.165) is 55.6 Å². The summed E-state index contributed by atoms with van der Waals surface area (Å²) >= 11 is 1.43. The standard InChI is InChI=1S/C29H34N4O4S2/c1-30-28(35)26-24-15-18-32(19-21-9-5-4-6-10-21)20-25(24)38-29(26)31-27(34)22-11-13-23(14-12-22)39(36,37)33-16-7-2-3-8-17-33/h4-6,9-14H,2-3,7-8,15-20H2,1H3,(H,30,35)(H,31,34). The van der Waals surface area contributed by atoms with Crippen molar-refractivity contribution in [3.8, 4) is 0 Å². The Balaban J connectivity index is 1.33. The van der Waals surface area contributed by atoms with Crippen LogP contribution in [0.25, 0.3) is 0 Å². The van der Waals surface area contributed by atoms with Crippen LogP contribution in [-0.4, -0.2) is 56.1 Å². The van der Waals surface area contributed by atoms with Crippen LogP contribution in [0, 0.1) is 0 Å². The van der Waals surface area contributed by atoms with Crippen LogP contribution in [0.4, 0.5) is 5.00 Å². The monoisotopic (exact) mass is 566 g/mol. The van der Waals surface area contributed by atoms with E-state index >= 15 is 0 Å². The van der Waals surface area contributed by atoms with Crippen molar-refractivity contribution in [2.75, 3.05) is 32.0 Å². The van der Waals surface area contributed by atoms with Gasteiger partial charge in [0.15, 0.2) is 0 Å². The van der Waals surface area contributed by atoms with E-state index in [1.807, 2.05) is 18.2 Å². The molecule has 2 amide bonds. The Hall–Kier alpha value is -3.05. The normalized spacial score (nSPS) is 16.7. The summed E-state index contributed by atoms with van der Waals surface area (Å²) in [7, 11) is -2.00. The van der Waals surface area contributed by atoms with Crippen molar-refractivity contribution in [1.82, 2.24) is 14.5 Å². The number of rotatable bonds is 7. The van der Waals surface area contributed by atoms with E-state index in [-0.39, 0.29) is 16.7 Å². The zero-order chi connectivity index (χ0) is 27.4. The second-order valence-electron chi connectivity index (χ2n) is 10.0. The van der Waals surface area contributed by atoms with Crippen molar-refractivity contribution in [3.05, 3.63) is 81.7 Å². The summed E-state index contributed by atoms with van der Waals surface area (Å²) in [6, 6.07) is 16.3. The molecule has 39 heavy (non-hydrogen) atoms. The van der Waals surface area contributed by atoms with E-state index in [0.29, 0.717) is 35.8 Å². The molecule has 2 aliphatic rings. The second-order valence-corrected chi connectivity index (χ2v) is 13.1. The average molecular weight is 567 g/mol. The fourth-order valence-corrected chi connectivity index (χ4v) is 8.07. The molecule has 2 aliphatic heterocycles. The molecule has 0 bridgehead atoms. The number of amides is 2. The maximum Gasteiger partial charge on any atom is 0.256 e. The Kier molecular flexibility index (Phi) is 8.46. The fraction of sp³-hybridized carbons (Fsp3) is 0.379. The maximum absolute atomic E-state index is 13.2. The highest BCUT2D eigenvalue weighted by atomic mass is 32.2. The summed E-state index contributed by atoms with van der Waals surface area (Å²) in [5.41, 5.74) is 3.08. The first-order valence-corrected chi connectivity index (χ1v) is 15.7. The van der Waals surface area contributed by atoms with Crippen LogP contribution in [0.5, 0.6) is 0 Å². The molecular weight excluding hydrogens is 532 g/mol. The summed E-state index contributed by atoms with van der Waals surface area (Å²) in [6.45, 7) is 3.40. The van der Waals surface area contributed by atoms with Crippen LogP contribution in [-0.2, 0) is 29.5 Å². The van der Waals surface area contributed by atoms with Gasteiger partial charge in [0.1, 0.15) is 5.00 Å². The van der Waals surface area contributed by atoms with Gasteiger partial charge in [0.25, 0.3) is 11.8 Å². The Bertz CT molecular complexity index is 1430. The molecule has 1 aromatic heterocycles. The largest absolute Gasteiger partial charge is 0.355 e. The van der Waals surface area contributed by atoms with E-state index in [4.69, 9.17) is 0 Å². The molecular formula is C29H34N4O4S2. The summed E-state index contributed by atoms with van der Waals surface area (Å²) in [6.07, 6.45) is 4.53. The lowest BCUT2D eigenvalue weighted by atomic mass is 10.0.